The van der Waals surface area contributed by atoms with Gasteiger partial charge in [-0.15, -0.1) is 0 Å². The van der Waals surface area contributed by atoms with Gasteiger partial charge in [-0.25, -0.2) is 0 Å². The summed E-state index contributed by atoms with van der Waals surface area (Å²) < 4.78 is 6.59. The van der Waals surface area contributed by atoms with Crippen LogP contribution in [0.15, 0.2) is 46.9 Å². The minimum atomic E-state index is -0.0819. The largest absolute Gasteiger partial charge is 0.483 e. The molecule has 0 saturated heterocycles. The number of fused-ring (bicyclic) bond motifs is 1. The number of carbonyl (C=O) groups excluding carboxylic acids is 1. The first kappa shape index (κ1) is 18.0. The summed E-state index contributed by atoms with van der Waals surface area (Å²) in [6.45, 7) is 4.33. The van der Waals surface area contributed by atoms with E-state index in [2.05, 4.69) is 59.4 Å². The molecule has 4 heteroatoms. The number of carbonyl (C=O) groups is 1. The van der Waals surface area contributed by atoms with Crippen molar-refractivity contribution in [3.8, 4) is 5.75 Å². The molecule has 0 unspecified atom stereocenters. The zero-order valence-corrected chi connectivity index (χ0v) is 16.3. The average molecular weight is 402 g/mol. The van der Waals surface area contributed by atoms with Crippen LogP contribution in [0.1, 0.15) is 55.3 Å². The summed E-state index contributed by atoms with van der Waals surface area (Å²) in [5, 5.41) is 3.12. The molecule has 132 valence electrons. The smallest absolute Gasteiger partial charge is 0.258 e. The molecule has 1 amide bonds. The molecule has 0 fully saturated rings. The first-order valence-corrected chi connectivity index (χ1v) is 9.63. The monoisotopic (exact) mass is 401 g/mol. The summed E-state index contributed by atoms with van der Waals surface area (Å²) >= 11 is 3.53. The van der Waals surface area contributed by atoms with E-state index in [0.717, 1.165) is 23.7 Å². The summed E-state index contributed by atoms with van der Waals surface area (Å²) in [5.74, 6) is 1.07. The normalized spacial score (nSPS) is 16.4. The van der Waals surface area contributed by atoms with E-state index in [1.807, 2.05) is 18.2 Å². The molecule has 0 radical (unpaired) electrons. The molecule has 1 atom stereocenters. The molecule has 0 aromatic heterocycles. The van der Waals surface area contributed by atoms with Crippen LogP contribution in [0.4, 0.5) is 0 Å². The fraction of sp³-hybridized carbons (Fsp3) is 0.381. The number of ether oxygens (including phenoxy) is 1. The minimum Gasteiger partial charge on any atom is -0.483 e. The number of rotatable bonds is 5. The van der Waals surface area contributed by atoms with E-state index >= 15 is 0 Å². The van der Waals surface area contributed by atoms with Crippen LogP contribution in [0.5, 0.6) is 5.75 Å². The van der Waals surface area contributed by atoms with Gasteiger partial charge in [-0.3, -0.25) is 4.79 Å². The second-order valence-corrected chi connectivity index (χ2v) is 7.70. The maximum Gasteiger partial charge on any atom is 0.258 e. The van der Waals surface area contributed by atoms with Gasteiger partial charge in [0, 0.05) is 0 Å². The van der Waals surface area contributed by atoms with Gasteiger partial charge in [-0.2, -0.15) is 0 Å². The van der Waals surface area contributed by atoms with Crippen LogP contribution >= 0.6 is 15.9 Å². The van der Waals surface area contributed by atoms with E-state index < -0.39 is 0 Å². The van der Waals surface area contributed by atoms with E-state index in [1.165, 1.54) is 16.7 Å². The maximum atomic E-state index is 12.3. The van der Waals surface area contributed by atoms with Crippen LogP contribution in [0, 0.1) is 0 Å². The number of benzene rings is 2. The van der Waals surface area contributed by atoms with Gasteiger partial charge in [0.05, 0.1) is 10.5 Å². The Labute approximate surface area is 157 Å². The third-order valence-electron chi connectivity index (χ3n) is 4.69. The van der Waals surface area contributed by atoms with E-state index in [0.29, 0.717) is 11.7 Å². The number of amides is 1. The van der Waals surface area contributed by atoms with Crippen molar-refractivity contribution >= 4 is 21.8 Å². The molecule has 3 nitrogen and oxygen atoms in total. The van der Waals surface area contributed by atoms with Crippen molar-refractivity contribution in [1.29, 1.82) is 0 Å². The van der Waals surface area contributed by atoms with Crippen molar-refractivity contribution in [1.82, 2.24) is 5.32 Å². The lowest BCUT2D eigenvalue weighted by atomic mass is 9.88. The molecule has 0 saturated carbocycles. The fourth-order valence-electron chi connectivity index (χ4n) is 3.28. The van der Waals surface area contributed by atoms with E-state index in [1.54, 1.807) is 0 Å². The second-order valence-electron chi connectivity index (χ2n) is 6.84. The summed E-state index contributed by atoms with van der Waals surface area (Å²) in [5.41, 5.74) is 3.82. The Balaban J connectivity index is 1.59. The third kappa shape index (κ3) is 4.43. The van der Waals surface area contributed by atoms with Gasteiger partial charge >= 0.3 is 0 Å². The van der Waals surface area contributed by atoms with E-state index in [9.17, 15) is 4.79 Å². The number of nitrogens with one attached hydrogen (secondary N) is 1. The highest BCUT2D eigenvalue weighted by Gasteiger charge is 2.21. The van der Waals surface area contributed by atoms with Crippen molar-refractivity contribution in [2.75, 3.05) is 6.61 Å². The number of halogens is 1. The van der Waals surface area contributed by atoms with Crippen LogP contribution in [0.2, 0.25) is 0 Å². The molecule has 1 aliphatic carbocycles. The van der Waals surface area contributed by atoms with Crippen molar-refractivity contribution in [3.05, 3.63) is 63.6 Å². The summed E-state index contributed by atoms with van der Waals surface area (Å²) in [7, 11) is 0. The number of hydrogen-bond acceptors (Lipinski definition) is 2. The topological polar surface area (TPSA) is 38.3 Å². The summed E-state index contributed by atoms with van der Waals surface area (Å²) in [6.07, 6.45) is 3.18. The fourth-order valence-corrected chi connectivity index (χ4v) is 3.79. The van der Waals surface area contributed by atoms with Crippen LogP contribution in [0.3, 0.4) is 0 Å². The van der Waals surface area contributed by atoms with Gasteiger partial charge in [0.25, 0.3) is 5.91 Å². The van der Waals surface area contributed by atoms with Gasteiger partial charge in [0.1, 0.15) is 5.75 Å². The van der Waals surface area contributed by atoms with Gasteiger partial charge in [0.2, 0.25) is 0 Å². The molecular formula is C21H24BrNO2. The molecule has 3 rings (SSSR count). The standard InChI is InChI=1S/C21H24BrNO2/c1-14(2)16-10-11-20(18(22)12-16)25-13-21(24)23-19-9-5-7-15-6-3-4-8-17(15)19/h3-4,6,8,10-12,14,19H,5,7,9,13H2,1-2H3,(H,23,24)/t19-/m1/s1. The first-order valence-electron chi connectivity index (χ1n) is 8.84. The minimum absolute atomic E-state index is 0.0261. The SMILES string of the molecule is CC(C)c1ccc(OCC(=O)N[C@@H]2CCCc3ccccc32)c(Br)c1. The maximum absolute atomic E-state index is 12.3. The van der Waals surface area contributed by atoms with Gasteiger partial charge in [-0.1, -0.05) is 44.2 Å². The Hall–Kier alpha value is -1.81. The Morgan fingerprint density at radius 1 is 1.28 bits per heavy atom. The molecule has 2 aromatic rings. The van der Waals surface area contributed by atoms with Crippen molar-refractivity contribution < 1.29 is 9.53 Å². The molecule has 0 bridgehead atoms. The highest BCUT2D eigenvalue weighted by molar-refractivity contribution is 9.10. The Bertz CT molecular complexity index is 757. The lowest BCUT2D eigenvalue weighted by Crippen LogP contribution is -2.34. The highest BCUT2D eigenvalue weighted by Crippen LogP contribution is 2.30. The highest BCUT2D eigenvalue weighted by atomic mass is 79.9. The zero-order valence-electron chi connectivity index (χ0n) is 14.7. The Morgan fingerprint density at radius 3 is 2.84 bits per heavy atom. The lowest BCUT2D eigenvalue weighted by molar-refractivity contribution is -0.124. The van der Waals surface area contributed by atoms with Gasteiger partial charge in [-0.05, 0) is 69.9 Å². The van der Waals surface area contributed by atoms with Crippen LogP contribution in [0.25, 0.3) is 0 Å². The second kappa shape index (κ2) is 8.05. The quantitative estimate of drug-likeness (QED) is 0.752. The van der Waals surface area contributed by atoms with Crippen LogP contribution in [-0.4, -0.2) is 12.5 Å². The van der Waals surface area contributed by atoms with Crippen LogP contribution in [-0.2, 0) is 11.2 Å². The van der Waals surface area contributed by atoms with E-state index in [4.69, 9.17) is 4.74 Å². The Kier molecular flexibility index (Phi) is 5.79. The molecule has 0 aliphatic heterocycles. The zero-order chi connectivity index (χ0) is 17.8. The van der Waals surface area contributed by atoms with Gasteiger partial charge in [0.15, 0.2) is 6.61 Å². The molecule has 1 N–H and O–H groups in total. The lowest BCUT2D eigenvalue weighted by Gasteiger charge is -2.26. The Morgan fingerprint density at radius 2 is 2.08 bits per heavy atom. The predicted molar refractivity (Wildman–Crippen MR) is 104 cm³/mol. The van der Waals surface area contributed by atoms with Crippen molar-refractivity contribution in [3.63, 3.8) is 0 Å². The first-order chi connectivity index (χ1) is 12.0. The number of aryl methyl sites for hydroxylation is 1. The molecule has 0 heterocycles. The van der Waals surface area contributed by atoms with Crippen LogP contribution < -0.4 is 10.1 Å². The molecule has 2 aromatic carbocycles. The average Bonchev–Trinajstić information content (AvgIpc) is 2.61. The number of hydrogen-bond donors (Lipinski definition) is 1. The molecule has 25 heavy (non-hydrogen) atoms. The van der Waals surface area contributed by atoms with E-state index in [-0.39, 0.29) is 18.6 Å². The molecular weight excluding hydrogens is 378 g/mol. The molecule has 0 spiro atoms. The summed E-state index contributed by atoms with van der Waals surface area (Å²) in [6, 6.07) is 14.5. The van der Waals surface area contributed by atoms with Crippen molar-refractivity contribution in [2.45, 2.75) is 45.1 Å². The third-order valence-corrected chi connectivity index (χ3v) is 5.31. The predicted octanol–water partition coefficient (Wildman–Crippen LogP) is 5.15. The van der Waals surface area contributed by atoms with Gasteiger partial charge < -0.3 is 10.1 Å². The summed E-state index contributed by atoms with van der Waals surface area (Å²) in [4.78, 5) is 12.3. The molecule has 1 aliphatic rings. The van der Waals surface area contributed by atoms with Crippen molar-refractivity contribution in [2.24, 2.45) is 0 Å².